The number of amides is 1. The number of pyridine rings is 1. The van der Waals surface area contributed by atoms with Crippen LogP contribution in [-0.2, 0) is 9.59 Å². The molecule has 0 radical (unpaired) electrons. The number of aliphatic hydroxyl groups excluding tert-OH is 1. The predicted molar refractivity (Wildman–Crippen MR) is 78.7 cm³/mol. The van der Waals surface area contributed by atoms with Gasteiger partial charge in [0.15, 0.2) is 6.10 Å². The van der Waals surface area contributed by atoms with E-state index in [9.17, 15) is 19.8 Å². The minimum Gasteiger partial charge on any atom is -0.477 e. The van der Waals surface area contributed by atoms with Gasteiger partial charge in [0.1, 0.15) is 11.1 Å². The minimum atomic E-state index is -1.12. The fraction of sp³-hybridized carbons (Fsp3) is 0.308. The van der Waals surface area contributed by atoms with E-state index in [0.29, 0.717) is 17.1 Å². The summed E-state index contributed by atoms with van der Waals surface area (Å²) in [5.74, 6) is -0.677. The van der Waals surface area contributed by atoms with Gasteiger partial charge in [0.05, 0.1) is 0 Å². The molecule has 6 nitrogen and oxygen atoms in total. The molecule has 0 spiro atoms. The molecule has 0 aliphatic carbocycles. The number of fused-ring (bicyclic) bond motifs is 1. The van der Waals surface area contributed by atoms with Crippen molar-refractivity contribution >= 4 is 35.4 Å². The number of aliphatic carboxylic acids is 1. The first-order valence-corrected chi connectivity index (χ1v) is 8.24. The standard InChI is InChI=1S/C13H12N2O4S2/c16-10-11(17)15-9(13(18)19)7(6-21-12(10)15)5-20-8-2-1-3-14-4-8/h1-4,10,12,16H,5-6H2,(H,18,19)/t10-,12-/m1/s1. The largest absolute Gasteiger partial charge is 0.477 e. The number of carbonyl (C=O) groups excluding carboxylic acids is 1. The summed E-state index contributed by atoms with van der Waals surface area (Å²) in [7, 11) is 0. The Bertz CT molecular complexity index is 620. The summed E-state index contributed by atoms with van der Waals surface area (Å²) in [6.45, 7) is 0. The van der Waals surface area contributed by atoms with Gasteiger partial charge in [-0.1, -0.05) is 0 Å². The zero-order chi connectivity index (χ0) is 15.0. The maximum atomic E-state index is 11.7. The quantitative estimate of drug-likeness (QED) is 0.625. The smallest absolute Gasteiger partial charge is 0.352 e. The van der Waals surface area contributed by atoms with Crippen LogP contribution >= 0.6 is 23.5 Å². The molecular formula is C13H12N2O4S2. The second kappa shape index (κ2) is 5.70. The van der Waals surface area contributed by atoms with E-state index in [4.69, 9.17) is 0 Å². The highest BCUT2D eigenvalue weighted by molar-refractivity contribution is 8.01. The number of β-lactam (4-membered cyclic amide) rings is 1. The number of hydrogen-bond donors (Lipinski definition) is 2. The lowest BCUT2D eigenvalue weighted by atomic mass is 10.1. The first-order chi connectivity index (χ1) is 10.1. The van der Waals surface area contributed by atoms with Crippen LogP contribution in [0.15, 0.2) is 40.7 Å². The van der Waals surface area contributed by atoms with Gasteiger partial charge in [0, 0.05) is 28.8 Å². The predicted octanol–water partition coefficient (Wildman–Crippen LogP) is 0.788. The van der Waals surface area contributed by atoms with Gasteiger partial charge >= 0.3 is 5.97 Å². The van der Waals surface area contributed by atoms with Crippen molar-refractivity contribution in [1.29, 1.82) is 0 Å². The third-order valence-corrected chi connectivity index (χ3v) is 5.66. The Morgan fingerprint density at radius 2 is 2.38 bits per heavy atom. The lowest BCUT2D eigenvalue weighted by Gasteiger charge is -2.47. The van der Waals surface area contributed by atoms with Crippen molar-refractivity contribution in [2.45, 2.75) is 16.4 Å². The molecule has 0 unspecified atom stereocenters. The van der Waals surface area contributed by atoms with Crippen molar-refractivity contribution in [3.63, 3.8) is 0 Å². The molecule has 3 heterocycles. The summed E-state index contributed by atoms with van der Waals surface area (Å²) < 4.78 is 0. The molecule has 2 aliphatic heterocycles. The van der Waals surface area contributed by atoms with Crippen LogP contribution in [0.2, 0.25) is 0 Å². The summed E-state index contributed by atoms with van der Waals surface area (Å²) in [4.78, 5) is 29.3. The third-order valence-electron chi connectivity index (χ3n) is 3.27. The summed E-state index contributed by atoms with van der Waals surface area (Å²) >= 11 is 2.87. The number of thioether (sulfide) groups is 2. The van der Waals surface area contributed by atoms with Gasteiger partial charge in [-0.2, -0.15) is 0 Å². The van der Waals surface area contributed by atoms with Gasteiger partial charge in [0.25, 0.3) is 5.91 Å². The zero-order valence-corrected chi connectivity index (χ0v) is 12.4. The summed E-state index contributed by atoms with van der Waals surface area (Å²) in [6.07, 6.45) is 2.30. The van der Waals surface area contributed by atoms with Crippen molar-refractivity contribution in [2.24, 2.45) is 0 Å². The lowest BCUT2D eigenvalue weighted by Crippen LogP contribution is -2.64. The molecule has 1 fully saturated rings. The normalized spacial score (nSPS) is 24.6. The summed E-state index contributed by atoms with van der Waals surface area (Å²) in [5.41, 5.74) is 0.711. The average Bonchev–Trinajstić information content (AvgIpc) is 2.52. The Kier molecular flexibility index (Phi) is 3.92. The monoisotopic (exact) mass is 324 g/mol. The average molecular weight is 324 g/mol. The van der Waals surface area contributed by atoms with Gasteiger partial charge in [-0.05, 0) is 17.7 Å². The first-order valence-electron chi connectivity index (χ1n) is 6.20. The number of carboxylic acids is 1. The molecule has 2 N–H and O–H groups in total. The molecular weight excluding hydrogens is 312 g/mol. The number of carboxylic acid groups (broad SMARTS) is 1. The van der Waals surface area contributed by atoms with Crippen LogP contribution in [0.4, 0.5) is 0 Å². The Labute approximate surface area is 129 Å². The van der Waals surface area contributed by atoms with Crippen molar-refractivity contribution in [3.8, 4) is 0 Å². The summed E-state index contributed by atoms with van der Waals surface area (Å²) in [5, 5.41) is 18.5. The number of aliphatic hydroxyl groups is 1. The summed E-state index contributed by atoms with van der Waals surface area (Å²) in [6, 6.07) is 3.71. The Balaban J connectivity index is 1.81. The Hall–Kier alpha value is -1.51. The van der Waals surface area contributed by atoms with Crippen LogP contribution in [-0.4, -0.2) is 55.0 Å². The van der Waals surface area contributed by atoms with E-state index >= 15 is 0 Å². The van der Waals surface area contributed by atoms with Gasteiger partial charge in [-0.3, -0.25) is 14.7 Å². The highest BCUT2D eigenvalue weighted by Crippen LogP contribution is 2.41. The number of aromatic nitrogens is 1. The number of rotatable bonds is 4. The first kappa shape index (κ1) is 14.4. The molecule has 2 atom stereocenters. The van der Waals surface area contributed by atoms with Crippen molar-refractivity contribution in [2.75, 3.05) is 11.5 Å². The minimum absolute atomic E-state index is 0.0189. The number of carbonyl (C=O) groups is 2. The number of nitrogens with zero attached hydrogens (tertiary/aromatic N) is 2. The fourth-order valence-electron chi connectivity index (χ4n) is 2.24. The molecule has 0 saturated carbocycles. The van der Waals surface area contributed by atoms with Crippen molar-refractivity contribution < 1.29 is 19.8 Å². The van der Waals surface area contributed by atoms with Crippen LogP contribution in [0.5, 0.6) is 0 Å². The van der Waals surface area contributed by atoms with E-state index in [-0.39, 0.29) is 5.70 Å². The Morgan fingerprint density at radius 1 is 1.57 bits per heavy atom. The molecule has 2 aliphatic rings. The molecule has 1 saturated heterocycles. The van der Waals surface area contributed by atoms with E-state index in [1.165, 1.54) is 28.4 Å². The fourth-order valence-corrected chi connectivity index (χ4v) is 4.53. The molecule has 1 amide bonds. The molecule has 0 bridgehead atoms. The van der Waals surface area contributed by atoms with Crippen LogP contribution in [0.1, 0.15) is 0 Å². The molecule has 8 heteroatoms. The third kappa shape index (κ3) is 2.54. The molecule has 110 valence electrons. The van der Waals surface area contributed by atoms with Crippen LogP contribution in [0.3, 0.4) is 0 Å². The Morgan fingerprint density at radius 3 is 3.05 bits per heavy atom. The highest BCUT2D eigenvalue weighted by Gasteiger charge is 2.52. The second-order valence-electron chi connectivity index (χ2n) is 4.59. The van der Waals surface area contributed by atoms with Gasteiger partial charge in [-0.25, -0.2) is 4.79 Å². The molecule has 3 rings (SSSR count). The molecule has 1 aromatic rings. The van der Waals surface area contributed by atoms with Crippen molar-refractivity contribution in [3.05, 3.63) is 35.8 Å². The highest BCUT2D eigenvalue weighted by atomic mass is 32.2. The topological polar surface area (TPSA) is 90.7 Å². The van der Waals surface area contributed by atoms with E-state index < -0.39 is 23.4 Å². The molecule has 1 aromatic heterocycles. The van der Waals surface area contributed by atoms with E-state index in [1.807, 2.05) is 12.1 Å². The van der Waals surface area contributed by atoms with Gasteiger partial charge in [-0.15, -0.1) is 23.5 Å². The van der Waals surface area contributed by atoms with Crippen LogP contribution in [0, 0.1) is 0 Å². The molecule has 21 heavy (non-hydrogen) atoms. The maximum Gasteiger partial charge on any atom is 0.352 e. The van der Waals surface area contributed by atoms with Crippen molar-refractivity contribution in [1.82, 2.24) is 9.88 Å². The van der Waals surface area contributed by atoms with E-state index in [0.717, 1.165) is 4.90 Å². The SMILES string of the molecule is O=C(O)C1=C(CSc2cccnc2)CS[C@@H]2[C@H](O)C(=O)N12. The van der Waals surface area contributed by atoms with E-state index in [2.05, 4.69) is 4.98 Å². The van der Waals surface area contributed by atoms with E-state index in [1.54, 1.807) is 12.4 Å². The van der Waals surface area contributed by atoms with Gasteiger partial charge in [0.2, 0.25) is 0 Å². The molecule has 0 aromatic carbocycles. The zero-order valence-electron chi connectivity index (χ0n) is 10.8. The maximum absolute atomic E-state index is 11.7. The van der Waals surface area contributed by atoms with Crippen LogP contribution in [0.25, 0.3) is 0 Å². The van der Waals surface area contributed by atoms with Gasteiger partial charge < -0.3 is 10.2 Å². The number of hydrogen-bond acceptors (Lipinski definition) is 6. The van der Waals surface area contributed by atoms with Crippen LogP contribution < -0.4 is 0 Å². The second-order valence-corrected chi connectivity index (χ2v) is 6.74. The lowest BCUT2D eigenvalue weighted by molar-refractivity contribution is -0.159.